The van der Waals surface area contributed by atoms with Crippen molar-refractivity contribution in [3.8, 4) is 0 Å². The number of carbonyl (C=O) groups is 1. The van der Waals surface area contributed by atoms with Crippen LogP contribution in [0.4, 0.5) is 0 Å². The van der Waals surface area contributed by atoms with Crippen LogP contribution >= 0.6 is 0 Å². The highest BCUT2D eigenvalue weighted by Gasteiger charge is 2.17. The standard InChI is InChI=1S/C16H24N2O/c1-18(2)16(19)11-12-17-15-10-6-4-8-13-7-3-5-9-14(13)15/h3,5,7,9,15,17H,4,6,8,10-12H2,1-2H3. The van der Waals surface area contributed by atoms with Gasteiger partial charge in [-0.2, -0.15) is 0 Å². The van der Waals surface area contributed by atoms with Crippen LogP contribution in [0, 0.1) is 0 Å². The average molecular weight is 260 g/mol. The van der Waals surface area contributed by atoms with Crippen LogP contribution in [-0.4, -0.2) is 31.4 Å². The molecule has 0 radical (unpaired) electrons. The third-order valence-electron chi connectivity index (χ3n) is 3.85. The van der Waals surface area contributed by atoms with Crippen LogP contribution in [0.2, 0.25) is 0 Å². The van der Waals surface area contributed by atoms with Crippen molar-refractivity contribution in [3.63, 3.8) is 0 Å². The molecule has 19 heavy (non-hydrogen) atoms. The largest absolute Gasteiger partial charge is 0.349 e. The molecule has 0 bridgehead atoms. The predicted molar refractivity (Wildman–Crippen MR) is 78.1 cm³/mol. The molecule has 1 aliphatic carbocycles. The topological polar surface area (TPSA) is 32.3 Å². The first-order valence-corrected chi connectivity index (χ1v) is 7.20. The average Bonchev–Trinajstić information content (AvgIpc) is 2.61. The zero-order valence-corrected chi connectivity index (χ0v) is 12.0. The highest BCUT2D eigenvalue weighted by atomic mass is 16.2. The van der Waals surface area contributed by atoms with Gasteiger partial charge in [0.1, 0.15) is 0 Å². The molecule has 0 aliphatic heterocycles. The molecule has 1 aliphatic rings. The van der Waals surface area contributed by atoms with Crippen LogP contribution in [0.5, 0.6) is 0 Å². The van der Waals surface area contributed by atoms with E-state index in [9.17, 15) is 4.79 Å². The van der Waals surface area contributed by atoms with Crippen LogP contribution in [0.25, 0.3) is 0 Å². The zero-order valence-electron chi connectivity index (χ0n) is 12.0. The molecule has 0 heterocycles. The van der Waals surface area contributed by atoms with E-state index in [0.717, 1.165) is 6.54 Å². The van der Waals surface area contributed by atoms with E-state index in [4.69, 9.17) is 0 Å². The van der Waals surface area contributed by atoms with E-state index in [-0.39, 0.29) is 5.91 Å². The Morgan fingerprint density at radius 3 is 2.89 bits per heavy atom. The lowest BCUT2D eigenvalue weighted by atomic mass is 9.99. The molecule has 1 atom stereocenters. The Balaban J connectivity index is 1.95. The van der Waals surface area contributed by atoms with Crippen molar-refractivity contribution in [1.82, 2.24) is 10.2 Å². The third kappa shape index (κ3) is 3.80. The molecule has 1 unspecified atom stereocenters. The number of rotatable bonds is 4. The highest BCUT2D eigenvalue weighted by molar-refractivity contribution is 5.75. The van der Waals surface area contributed by atoms with Gasteiger partial charge in [-0.25, -0.2) is 0 Å². The van der Waals surface area contributed by atoms with Gasteiger partial charge in [0, 0.05) is 33.1 Å². The van der Waals surface area contributed by atoms with E-state index in [1.807, 2.05) is 14.1 Å². The van der Waals surface area contributed by atoms with Gasteiger partial charge >= 0.3 is 0 Å². The van der Waals surface area contributed by atoms with Gasteiger partial charge in [0.05, 0.1) is 0 Å². The van der Waals surface area contributed by atoms with Crippen molar-refractivity contribution in [2.45, 2.75) is 38.1 Å². The number of amides is 1. The maximum atomic E-state index is 11.6. The molecule has 104 valence electrons. The second kappa shape index (κ2) is 6.71. The first-order chi connectivity index (χ1) is 9.18. The molecule has 1 N–H and O–H groups in total. The van der Waals surface area contributed by atoms with Crippen molar-refractivity contribution < 1.29 is 4.79 Å². The lowest BCUT2D eigenvalue weighted by Crippen LogP contribution is -2.29. The molecule has 0 aromatic heterocycles. The minimum Gasteiger partial charge on any atom is -0.349 e. The van der Waals surface area contributed by atoms with Crippen LogP contribution in [0.1, 0.15) is 42.9 Å². The van der Waals surface area contributed by atoms with Crippen LogP contribution in [-0.2, 0) is 11.2 Å². The van der Waals surface area contributed by atoms with E-state index in [2.05, 4.69) is 29.6 Å². The summed E-state index contributed by atoms with van der Waals surface area (Å²) in [6.45, 7) is 0.760. The summed E-state index contributed by atoms with van der Waals surface area (Å²) in [5, 5.41) is 3.56. The number of carbonyl (C=O) groups excluding carboxylic acids is 1. The summed E-state index contributed by atoms with van der Waals surface area (Å²) >= 11 is 0. The summed E-state index contributed by atoms with van der Waals surface area (Å²) in [4.78, 5) is 13.2. The Hall–Kier alpha value is -1.35. The van der Waals surface area contributed by atoms with Crippen LogP contribution < -0.4 is 5.32 Å². The second-order valence-corrected chi connectivity index (χ2v) is 5.49. The lowest BCUT2D eigenvalue weighted by Gasteiger charge is -2.20. The highest BCUT2D eigenvalue weighted by Crippen LogP contribution is 2.28. The van der Waals surface area contributed by atoms with Crippen molar-refractivity contribution in [2.24, 2.45) is 0 Å². The zero-order chi connectivity index (χ0) is 13.7. The van der Waals surface area contributed by atoms with Crippen molar-refractivity contribution in [3.05, 3.63) is 35.4 Å². The van der Waals surface area contributed by atoms with Crippen molar-refractivity contribution in [1.29, 1.82) is 0 Å². The maximum absolute atomic E-state index is 11.6. The number of fused-ring (bicyclic) bond motifs is 1. The third-order valence-corrected chi connectivity index (χ3v) is 3.85. The first kappa shape index (κ1) is 14.1. The molecule has 0 saturated heterocycles. The Labute approximate surface area is 116 Å². The van der Waals surface area contributed by atoms with Gasteiger partial charge in [0.2, 0.25) is 5.91 Å². The van der Waals surface area contributed by atoms with Gasteiger partial charge in [0.25, 0.3) is 0 Å². The van der Waals surface area contributed by atoms with Crippen LogP contribution in [0.15, 0.2) is 24.3 Å². The van der Waals surface area contributed by atoms with Crippen molar-refractivity contribution in [2.75, 3.05) is 20.6 Å². The Morgan fingerprint density at radius 2 is 2.11 bits per heavy atom. The summed E-state index contributed by atoms with van der Waals surface area (Å²) in [6, 6.07) is 9.11. The number of benzene rings is 1. The molecular weight excluding hydrogens is 236 g/mol. The normalized spacial score (nSPS) is 18.5. The van der Waals surface area contributed by atoms with Crippen LogP contribution in [0.3, 0.4) is 0 Å². The molecule has 0 fully saturated rings. The fraction of sp³-hybridized carbons (Fsp3) is 0.562. The van der Waals surface area contributed by atoms with Gasteiger partial charge in [-0.1, -0.05) is 30.7 Å². The Morgan fingerprint density at radius 1 is 1.32 bits per heavy atom. The molecule has 2 rings (SSSR count). The van der Waals surface area contributed by atoms with E-state index in [1.165, 1.54) is 36.8 Å². The smallest absolute Gasteiger partial charge is 0.223 e. The summed E-state index contributed by atoms with van der Waals surface area (Å²) < 4.78 is 0. The van der Waals surface area contributed by atoms with E-state index < -0.39 is 0 Å². The van der Waals surface area contributed by atoms with Gasteiger partial charge in [-0.15, -0.1) is 0 Å². The molecule has 1 aromatic rings. The van der Waals surface area contributed by atoms with Gasteiger partial charge in [-0.3, -0.25) is 4.79 Å². The fourth-order valence-corrected chi connectivity index (χ4v) is 2.71. The minimum absolute atomic E-state index is 0.189. The minimum atomic E-state index is 0.189. The first-order valence-electron chi connectivity index (χ1n) is 7.20. The SMILES string of the molecule is CN(C)C(=O)CCNC1CCCCc2ccccc21. The Kier molecular flexibility index (Phi) is 4.97. The second-order valence-electron chi connectivity index (χ2n) is 5.49. The number of nitrogens with zero attached hydrogens (tertiary/aromatic N) is 1. The van der Waals surface area contributed by atoms with Gasteiger partial charge in [-0.05, 0) is 30.4 Å². The quantitative estimate of drug-likeness (QED) is 0.844. The van der Waals surface area contributed by atoms with E-state index >= 15 is 0 Å². The van der Waals surface area contributed by atoms with E-state index in [1.54, 1.807) is 4.90 Å². The summed E-state index contributed by atoms with van der Waals surface area (Å²) in [6.07, 6.45) is 5.46. The predicted octanol–water partition coefficient (Wildman–Crippen LogP) is 2.52. The fourth-order valence-electron chi connectivity index (χ4n) is 2.71. The summed E-state index contributed by atoms with van der Waals surface area (Å²) in [5.41, 5.74) is 2.90. The number of hydrogen-bond donors (Lipinski definition) is 1. The number of aryl methyl sites for hydroxylation is 1. The maximum Gasteiger partial charge on any atom is 0.223 e. The Bertz CT molecular complexity index is 429. The molecule has 1 aromatic carbocycles. The molecule has 0 saturated carbocycles. The molecule has 3 heteroatoms. The lowest BCUT2D eigenvalue weighted by molar-refractivity contribution is -0.128. The van der Waals surface area contributed by atoms with Crippen molar-refractivity contribution >= 4 is 5.91 Å². The van der Waals surface area contributed by atoms with E-state index in [0.29, 0.717) is 12.5 Å². The van der Waals surface area contributed by atoms with Gasteiger partial charge in [0.15, 0.2) is 0 Å². The molecular formula is C16H24N2O. The number of hydrogen-bond acceptors (Lipinski definition) is 2. The van der Waals surface area contributed by atoms with Gasteiger partial charge < -0.3 is 10.2 Å². The molecule has 3 nitrogen and oxygen atoms in total. The molecule has 1 amide bonds. The monoisotopic (exact) mass is 260 g/mol. The summed E-state index contributed by atoms with van der Waals surface area (Å²) in [5.74, 6) is 0.189. The summed E-state index contributed by atoms with van der Waals surface area (Å²) in [7, 11) is 3.62. The molecule has 0 spiro atoms. The number of nitrogens with one attached hydrogen (secondary N) is 1.